The van der Waals surface area contributed by atoms with Crippen molar-refractivity contribution < 1.29 is 14.3 Å². The zero-order valence-corrected chi connectivity index (χ0v) is 9.67. The lowest BCUT2D eigenvalue weighted by atomic mass is 10.1. The monoisotopic (exact) mass is 246 g/mol. The molecule has 4 nitrogen and oxygen atoms in total. The number of carbonyl (C=O) groups excluding carboxylic acids is 1. The Morgan fingerprint density at radius 2 is 2.17 bits per heavy atom. The Labute approximate surface area is 103 Å². The second-order valence-electron chi connectivity index (χ2n) is 3.74. The third-order valence-electron chi connectivity index (χ3n) is 2.53. The third-order valence-corrected chi connectivity index (χ3v) is 2.53. The average Bonchev–Trinajstić information content (AvgIpc) is 2.38. The van der Waals surface area contributed by atoms with E-state index in [1.165, 1.54) is 17.2 Å². The molecule has 1 aromatic heterocycles. The summed E-state index contributed by atoms with van der Waals surface area (Å²) in [7, 11) is 1.56. The Balaban J connectivity index is 2.32. The van der Waals surface area contributed by atoms with Crippen molar-refractivity contribution >= 4 is 11.6 Å². The first kappa shape index (κ1) is 12.0. The van der Waals surface area contributed by atoms with E-state index in [2.05, 4.69) is 4.98 Å². The molecule has 1 heterocycles. The van der Waals surface area contributed by atoms with Gasteiger partial charge in [-0.3, -0.25) is 9.78 Å². The predicted molar refractivity (Wildman–Crippen MR) is 65.0 cm³/mol. The summed E-state index contributed by atoms with van der Waals surface area (Å²) in [6.45, 7) is 0. The van der Waals surface area contributed by atoms with Crippen LogP contribution in [0, 0.1) is 5.82 Å². The van der Waals surface area contributed by atoms with Crippen LogP contribution in [0.1, 0.15) is 10.4 Å². The molecule has 0 aliphatic rings. The summed E-state index contributed by atoms with van der Waals surface area (Å²) in [6.07, 6.45) is 3.12. The molecule has 0 saturated carbocycles. The number of phenols is 1. The molecule has 0 unspecified atom stereocenters. The van der Waals surface area contributed by atoms with Crippen LogP contribution in [0.15, 0.2) is 42.7 Å². The summed E-state index contributed by atoms with van der Waals surface area (Å²) in [5.74, 6) is -1.40. The highest BCUT2D eigenvalue weighted by atomic mass is 19.1. The van der Waals surface area contributed by atoms with Crippen molar-refractivity contribution in [1.29, 1.82) is 0 Å². The van der Waals surface area contributed by atoms with Crippen molar-refractivity contribution in [3.05, 3.63) is 54.1 Å². The number of phenolic OH excluding ortho intramolecular Hbond substituents is 1. The Bertz CT molecular complexity index is 572. The number of rotatable bonds is 2. The molecule has 2 rings (SSSR count). The van der Waals surface area contributed by atoms with Crippen LogP contribution in [-0.2, 0) is 0 Å². The highest BCUT2D eigenvalue weighted by Crippen LogP contribution is 2.21. The van der Waals surface area contributed by atoms with E-state index in [-0.39, 0.29) is 11.3 Å². The second kappa shape index (κ2) is 4.83. The van der Waals surface area contributed by atoms with Gasteiger partial charge < -0.3 is 10.0 Å². The fourth-order valence-corrected chi connectivity index (χ4v) is 1.54. The minimum absolute atomic E-state index is 0.0442. The van der Waals surface area contributed by atoms with Crippen molar-refractivity contribution in [3.63, 3.8) is 0 Å². The van der Waals surface area contributed by atoms with E-state index in [9.17, 15) is 14.3 Å². The number of aromatic nitrogens is 1. The highest BCUT2D eigenvalue weighted by Gasteiger charge is 2.17. The standard InChI is InChI=1S/C13H11FN2O2/c1-16(10-3-2-6-15-8-10)13(18)11-5-4-9(14)7-12(11)17/h2-8,17H,1H3. The molecule has 18 heavy (non-hydrogen) atoms. The number of carbonyl (C=O) groups is 1. The summed E-state index contributed by atoms with van der Waals surface area (Å²) in [4.78, 5) is 17.3. The maximum absolute atomic E-state index is 12.8. The van der Waals surface area contributed by atoms with Gasteiger partial charge >= 0.3 is 0 Å². The topological polar surface area (TPSA) is 53.4 Å². The van der Waals surface area contributed by atoms with Gasteiger partial charge in [-0.1, -0.05) is 0 Å². The Morgan fingerprint density at radius 1 is 1.39 bits per heavy atom. The van der Waals surface area contributed by atoms with Gasteiger partial charge in [0.15, 0.2) is 0 Å². The second-order valence-corrected chi connectivity index (χ2v) is 3.74. The fraction of sp³-hybridized carbons (Fsp3) is 0.0769. The number of benzene rings is 1. The summed E-state index contributed by atoms with van der Waals surface area (Å²) in [6, 6.07) is 6.70. The molecule has 1 amide bonds. The van der Waals surface area contributed by atoms with Gasteiger partial charge in [0, 0.05) is 19.3 Å². The summed E-state index contributed by atoms with van der Waals surface area (Å²) < 4.78 is 12.8. The first-order chi connectivity index (χ1) is 8.59. The fourth-order valence-electron chi connectivity index (χ4n) is 1.54. The summed E-state index contributed by atoms with van der Waals surface area (Å²) >= 11 is 0. The Hall–Kier alpha value is -2.43. The molecule has 2 aromatic rings. The number of nitrogens with zero attached hydrogens (tertiary/aromatic N) is 2. The lowest BCUT2D eigenvalue weighted by Gasteiger charge is -2.17. The minimum Gasteiger partial charge on any atom is -0.507 e. The van der Waals surface area contributed by atoms with Crippen LogP contribution < -0.4 is 4.90 Å². The van der Waals surface area contributed by atoms with Crippen molar-refractivity contribution in [2.75, 3.05) is 11.9 Å². The van der Waals surface area contributed by atoms with E-state index in [1.54, 1.807) is 25.4 Å². The number of halogens is 1. The lowest BCUT2D eigenvalue weighted by Crippen LogP contribution is -2.26. The molecule has 0 atom stereocenters. The smallest absolute Gasteiger partial charge is 0.261 e. The number of aromatic hydroxyl groups is 1. The van der Waals surface area contributed by atoms with Crippen LogP contribution >= 0.6 is 0 Å². The quantitative estimate of drug-likeness (QED) is 0.883. The molecule has 0 saturated heterocycles. The molecule has 0 fully saturated rings. The summed E-state index contributed by atoms with van der Waals surface area (Å²) in [5.41, 5.74) is 0.633. The molecule has 1 N–H and O–H groups in total. The van der Waals surface area contributed by atoms with Gasteiger partial charge in [-0.25, -0.2) is 4.39 Å². The molecular weight excluding hydrogens is 235 g/mol. The van der Waals surface area contributed by atoms with Gasteiger partial charge in [-0.05, 0) is 24.3 Å². The van der Waals surface area contributed by atoms with E-state index in [1.807, 2.05) is 0 Å². The van der Waals surface area contributed by atoms with Gasteiger partial charge in [-0.2, -0.15) is 0 Å². The largest absolute Gasteiger partial charge is 0.507 e. The maximum atomic E-state index is 12.8. The van der Waals surface area contributed by atoms with Crippen LogP contribution in [0.2, 0.25) is 0 Å². The minimum atomic E-state index is -0.590. The molecule has 0 aliphatic carbocycles. The predicted octanol–water partition coefficient (Wildman–Crippen LogP) is 2.20. The molecule has 0 aliphatic heterocycles. The summed E-state index contributed by atoms with van der Waals surface area (Å²) in [5, 5.41) is 9.55. The van der Waals surface area contributed by atoms with Crippen LogP contribution in [0.5, 0.6) is 5.75 Å². The van der Waals surface area contributed by atoms with Crippen molar-refractivity contribution in [1.82, 2.24) is 4.98 Å². The van der Waals surface area contributed by atoms with Gasteiger partial charge in [-0.15, -0.1) is 0 Å². The molecule has 0 bridgehead atoms. The normalized spacial score (nSPS) is 10.1. The van der Waals surface area contributed by atoms with Crippen LogP contribution in [-0.4, -0.2) is 23.0 Å². The van der Waals surface area contributed by atoms with E-state index < -0.39 is 11.7 Å². The number of hydrogen-bond acceptors (Lipinski definition) is 3. The van der Waals surface area contributed by atoms with Gasteiger partial charge in [0.05, 0.1) is 17.4 Å². The molecule has 92 valence electrons. The number of anilines is 1. The van der Waals surface area contributed by atoms with Crippen LogP contribution in [0.25, 0.3) is 0 Å². The molecule has 1 aromatic carbocycles. The van der Waals surface area contributed by atoms with Crippen LogP contribution in [0.3, 0.4) is 0 Å². The number of hydrogen-bond donors (Lipinski definition) is 1. The average molecular weight is 246 g/mol. The highest BCUT2D eigenvalue weighted by molar-refractivity contribution is 6.07. The Kier molecular flexibility index (Phi) is 3.23. The SMILES string of the molecule is CN(C(=O)c1ccc(F)cc1O)c1cccnc1. The molecular formula is C13H11FN2O2. The number of pyridine rings is 1. The molecule has 5 heteroatoms. The van der Waals surface area contributed by atoms with Crippen molar-refractivity contribution in [3.8, 4) is 5.75 Å². The molecule has 0 radical (unpaired) electrons. The van der Waals surface area contributed by atoms with Crippen molar-refractivity contribution in [2.24, 2.45) is 0 Å². The van der Waals surface area contributed by atoms with Gasteiger partial charge in [0.1, 0.15) is 11.6 Å². The Morgan fingerprint density at radius 3 is 2.78 bits per heavy atom. The first-order valence-electron chi connectivity index (χ1n) is 5.26. The third kappa shape index (κ3) is 2.29. The van der Waals surface area contributed by atoms with Gasteiger partial charge in [0.2, 0.25) is 0 Å². The van der Waals surface area contributed by atoms with Crippen LogP contribution in [0.4, 0.5) is 10.1 Å². The van der Waals surface area contributed by atoms with E-state index in [0.717, 1.165) is 12.1 Å². The van der Waals surface area contributed by atoms with Crippen molar-refractivity contribution in [2.45, 2.75) is 0 Å². The van der Waals surface area contributed by atoms with Gasteiger partial charge in [0.25, 0.3) is 5.91 Å². The maximum Gasteiger partial charge on any atom is 0.261 e. The first-order valence-corrected chi connectivity index (χ1v) is 5.26. The number of amides is 1. The van der Waals surface area contributed by atoms with E-state index in [0.29, 0.717) is 5.69 Å². The zero-order chi connectivity index (χ0) is 13.1. The zero-order valence-electron chi connectivity index (χ0n) is 9.67. The van der Waals surface area contributed by atoms with E-state index >= 15 is 0 Å². The molecule has 0 spiro atoms. The lowest BCUT2D eigenvalue weighted by molar-refractivity contribution is 0.0990. The van der Waals surface area contributed by atoms with E-state index in [4.69, 9.17) is 0 Å².